The van der Waals surface area contributed by atoms with Crippen LogP contribution in [0.4, 0.5) is 0 Å². The highest BCUT2D eigenvalue weighted by Gasteiger charge is 2.29. The van der Waals surface area contributed by atoms with Gasteiger partial charge in [-0.3, -0.25) is 4.79 Å². The Hall–Kier alpha value is -1.39. The molecule has 92 valence electrons. The van der Waals surface area contributed by atoms with Crippen molar-refractivity contribution >= 4 is 5.91 Å². The Morgan fingerprint density at radius 1 is 1.35 bits per heavy atom. The number of hydrogen-bond acceptors (Lipinski definition) is 3. The Morgan fingerprint density at radius 3 is 2.53 bits per heavy atom. The first-order chi connectivity index (χ1) is 8.20. The first-order valence-corrected chi connectivity index (χ1v) is 5.87. The lowest BCUT2D eigenvalue weighted by Gasteiger charge is -2.10. The third kappa shape index (κ3) is 3.28. The molecule has 0 heterocycles. The van der Waals surface area contributed by atoms with Gasteiger partial charge in [-0.2, -0.15) is 0 Å². The molecular formula is C13H17NO3. The van der Waals surface area contributed by atoms with E-state index in [1.54, 1.807) is 24.3 Å². The molecule has 1 aliphatic rings. The zero-order valence-corrected chi connectivity index (χ0v) is 9.60. The van der Waals surface area contributed by atoms with Gasteiger partial charge in [-0.25, -0.2) is 0 Å². The molecule has 4 heteroatoms. The fourth-order valence-corrected chi connectivity index (χ4v) is 1.71. The molecule has 1 unspecified atom stereocenters. The number of benzene rings is 1. The van der Waals surface area contributed by atoms with E-state index in [-0.39, 0.29) is 12.5 Å². The first kappa shape index (κ1) is 12.1. The summed E-state index contributed by atoms with van der Waals surface area (Å²) < 4.78 is 0. The quantitative estimate of drug-likeness (QED) is 0.703. The highest BCUT2D eigenvalue weighted by atomic mass is 16.3. The van der Waals surface area contributed by atoms with Crippen molar-refractivity contribution in [3.05, 3.63) is 35.4 Å². The standard InChI is InChI=1S/C13H17NO3/c15-8-9-1-3-11(4-2-9)13(17)14-7-12(16)10-5-6-10/h1-4,10,12,15-16H,5-8H2,(H,14,17). The number of nitrogens with one attached hydrogen (secondary N) is 1. The summed E-state index contributed by atoms with van der Waals surface area (Å²) in [6, 6.07) is 6.77. The lowest BCUT2D eigenvalue weighted by molar-refractivity contribution is 0.0901. The van der Waals surface area contributed by atoms with Crippen LogP contribution >= 0.6 is 0 Å². The molecule has 1 amide bonds. The van der Waals surface area contributed by atoms with Crippen LogP contribution in [-0.2, 0) is 6.61 Å². The van der Waals surface area contributed by atoms with E-state index < -0.39 is 6.10 Å². The van der Waals surface area contributed by atoms with E-state index in [2.05, 4.69) is 5.32 Å². The summed E-state index contributed by atoms with van der Waals surface area (Å²) in [5.74, 6) is 0.182. The first-order valence-electron chi connectivity index (χ1n) is 5.87. The number of carbonyl (C=O) groups excluding carboxylic acids is 1. The Balaban J connectivity index is 1.85. The summed E-state index contributed by atoms with van der Waals surface area (Å²) in [5.41, 5.74) is 1.32. The summed E-state index contributed by atoms with van der Waals surface area (Å²) in [6.45, 7) is 0.285. The van der Waals surface area contributed by atoms with Gasteiger partial charge in [0.25, 0.3) is 5.91 Å². The lowest BCUT2D eigenvalue weighted by Crippen LogP contribution is -2.33. The molecule has 1 fully saturated rings. The number of aliphatic hydroxyl groups is 2. The highest BCUT2D eigenvalue weighted by Crippen LogP contribution is 2.32. The minimum atomic E-state index is -0.421. The fraction of sp³-hybridized carbons (Fsp3) is 0.462. The molecule has 1 aromatic rings. The minimum Gasteiger partial charge on any atom is -0.392 e. The van der Waals surface area contributed by atoms with Gasteiger partial charge >= 0.3 is 0 Å². The summed E-state index contributed by atoms with van der Waals surface area (Å²) in [7, 11) is 0. The van der Waals surface area contributed by atoms with Gasteiger partial charge in [0.05, 0.1) is 12.7 Å². The van der Waals surface area contributed by atoms with Gasteiger partial charge < -0.3 is 15.5 Å². The minimum absolute atomic E-state index is 0.0255. The van der Waals surface area contributed by atoms with Crippen LogP contribution in [0.2, 0.25) is 0 Å². The van der Waals surface area contributed by atoms with E-state index in [9.17, 15) is 9.90 Å². The number of rotatable bonds is 5. The van der Waals surface area contributed by atoms with Gasteiger partial charge in [-0.15, -0.1) is 0 Å². The van der Waals surface area contributed by atoms with Crippen LogP contribution < -0.4 is 5.32 Å². The monoisotopic (exact) mass is 235 g/mol. The molecule has 17 heavy (non-hydrogen) atoms. The maximum absolute atomic E-state index is 11.7. The zero-order chi connectivity index (χ0) is 12.3. The number of amides is 1. The van der Waals surface area contributed by atoms with Gasteiger partial charge in [-0.05, 0) is 36.5 Å². The van der Waals surface area contributed by atoms with Crippen molar-refractivity contribution in [3.8, 4) is 0 Å². The number of carbonyl (C=O) groups is 1. The van der Waals surface area contributed by atoms with Gasteiger partial charge in [0.1, 0.15) is 0 Å². The average Bonchev–Trinajstić information content (AvgIpc) is 3.20. The second-order valence-electron chi connectivity index (χ2n) is 4.47. The SMILES string of the molecule is O=C(NCC(O)C1CC1)c1ccc(CO)cc1. The van der Waals surface area contributed by atoms with Gasteiger partial charge in [0, 0.05) is 12.1 Å². The summed E-state index contributed by atoms with van der Waals surface area (Å²) >= 11 is 0. The van der Waals surface area contributed by atoms with Crippen molar-refractivity contribution in [1.82, 2.24) is 5.32 Å². The van der Waals surface area contributed by atoms with E-state index in [0.29, 0.717) is 18.0 Å². The zero-order valence-electron chi connectivity index (χ0n) is 9.60. The third-order valence-corrected chi connectivity index (χ3v) is 3.04. The van der Waals surface area contributed by atoms with E-state index in [1.807, 2.05) is 0 Å². The molecule has 1 aliphatic carbocycles. The van der Waals surface area contributed by atoms with E-state index in [4.69, 9.17) is 5.11 Å². The van der Waals surface area contributed by atoms with Crippen molar-refractivity contribution in [2.24, 2.45) is 5.92 Å². The predicted octanol–water partition coefficient (Wildman–Crippen LogP) is 0.680. The van der Waals surface area contributed by atoms with E-state index >= 15 is 0 Å². The van der Waals surface area contributed by atoms with Crippen LogP contribution in [0.3, 0.4) is 0 Å². The molecule has 4 nitrogen and oxygen atoms in total. The fourth-order valence-electron chi connectivity index (χ4n) is 1.71. The second-order valence-corrected chi connectivity index (χ2v) is 4.47. The molecular weight excluding hydrogens is 218 g/mol. The second kappa shape index (κ2) is 5.29. The van der Waals surface area contributed by atoms with Crippen molar-refractivity contribution in [2.75, 3.05) is 6.54 Å². The van der Waals surface area contributed by atoms with Crippen LogP contribution in [0.1, 0.15) is 28.8 Å². The molecule has 0 bridgehead atoms. The Kier molecular flexibility index (Phi) is 3.76. The van der Waals surface area contributed by atoms with Crippen LogP contribution in [0.15, 0.2) is 24.3 Å². The van der Waals surface area contributed by atoms with Gasteiger partial charge in [0.2, 0.25) is 0 Å². The largest absolute Gasteiger partial charge is 0.392 e. The van der Waals surface area contributed by atoms with Crippen LogP contribution in [0.25, 0.3) is 0 Å². The molecule has 0 saturated heterocycles. The van der Waals surface area contributed by atoms with Crippen molar-refractivity contribution in [2.45, 2.75) is 25.6 Å². The molecule has 0 aromatic heterocycles. The molecule has 0 spiro atoms. The molecule has 1 saturated carbocycles. The number of aliphatic hydroxyl groups excluding tert-OH is 2. The molecule has 3 N–H and O–H groups in total. The van der Waals surface area contributed by atoms with Crippen molar-refractivity contribution in [3.63, 3.8) is 0 Å². The molecule has 0 radical (unpaired) electrons. The van der Waals surface area contributed by atoms with Crippen LogP contribution in [0.5, 0.6) is 0 Å². The number of hydrogen-bond donors (Lipinski definition) is 3. The normalized spacial score (nSPS) is 16.6. The Morgan fingerprint density at radius 2 is 2.00 bits per heavy atom. The van der Waals surface area contributed by atoms with Crippen molar-refractivity contribution < 1.29 is 15.0 Å². The highest BCUT2D eigenvalue weighted by molar-refractivity contribution is 5.94. The molecule has 2 rings (SSSR count). The topological polar surface area (TPSA) is 69.6 Å². The van der Waals surface area contributed by atoms with E-state index in [1.165, 1.54) is 0 Å². The molecule has 1 atom stereocenters. The average molecular weight is 235 g/mol. The summed E-state index contributed by atoms with van der Waals surface area (Å²) in [5, 5.41) is 21.2. The van der Waals surface area contributed by atoms with Gasteiger partial charge in [-0.1, -0.05) is 12.1 Å². The third-order valence-electron chi connectivity index (χ3n) is 3.04. The van der Waals surface area contributed by atoms with Gasteiger partial charge in [0.15, 0.2) is 0 Å². The maximum Gasteiger partial charge on any atom is 0.251 e. The lowest BCUT2D eigenvalue weighted by atomic mass is 10.1. The Bertz CT molecular complexity index is 384. The summed E-state index contributed by atoms with van der Waals surface area (Å²) in [6.07, 6.45) is 1.69. The van der Waals surface area contributed by atoms with Crippen molar-refractivity contribution in [1.29, 1.82) is 0 Å². The summed E-state index contributed by atoms with van der Waals surface area (Å²) in [4.78, 5) is 11.7. The molecule has 1 aromatic carbocycles. The Labute approximate surface area is 100 Å². The molecule has 0 aliphatic heterocycles. The van der Waals surface area contributed by atoms with Crippen LogP contribution in [-0.4, -0.2) is 28.8 Å². The van der Waals surface area contributed by atoms with E-state index in [0.717, 1.165) is 18.4 Å². The predicted molar refractivity (Wildman–Crippen MR) is 63.4 cm³/mol. The smallest absolute Gasteiger partial charge is 0.251 e. The maximum atomic E-state index is 11.7. The van der Waals surface area contributed by atoms with Crippen LogP contribution in [0, 0.1) is 5.92 Å².